The lowest BCUT2D eigenvalue weighted by molar-refractivity contribution is 0.120. The van der Waals surface area contributed by atoms with Crippen molar-refractivity contribution in [2.45, 2.75) is 13.5 Å². The summed E-state index contributed by atoms with van der Waals surface area (Å²) in [4.78, 5) is 11.2. The highest BCUT2D eigenvalue weighted by molar-refractivity contribution is 6.31. The van der Waals surface area contributed by atoms with Crippen LogP contribution >= 0.6 is 11.6 Å². The number of halogens is 3. The van der Waals surface area contributed by atoms with Crippen LogP contribution in [0.15, 0.2) is 30.3 Å². The molecular formula is C16H13ClF2O4. The fraction of sp³-hybridized carbons (Fsp3) is 0.188. The highest BCUT2D eigenvalue weighted by Gasteiger charge is 2.15. The molecule has 0 bridgehead atoms. The number of rotatable bonds is 4. The average Bonchev–Trinajstić information content (AvgIpc) is 2.51. The second-order valence-electron chi connectivity index (χ2n) is 4.59. The van der Waals surface area contributed by atoms with Gasteiger partial charge in [-0.1, -0.05) is 17.7 Å². The number of hydrogen-bond acceptors (Lipinski definition) is 4. The highest BCUT2D eigenvalue weighted by atomic mass is 35.5. The Balaban J connectivity index is 2.23. The van der Waals surface area contributed by atoms with E-state index in [4.69, 9.17) is 21.1 Å². The molecule has 0 amide bonds. The van der Waals surface area contributed by atoms with E-state index in [2.05, 4.69) is 4.74 Å². The molecular weight excluding hydrogens is 330 g/mol. The maximum atomic E-state index is 13.9. The van der Waals surface area contributed by atoms with Gasteiger partial charge in [0.1, 0.15) is 18.2 Å². The van der Waals surface area contributed by atoms with E-state index in [0.29, 0.717) is 10.6 Å². The highest BCUT2D eigenvalue weighted by Crippen LogP contribution is 2.28. The summed E-state index contributed by atoms with van der Waals surface area (Å²) in [6, 6.07) is 6.41. The van der Waals surface area contributed by atoms with Crippen molar-refractivity contribution >= 4 is 17.8 Å². The Morgan fingerprint density at radius 2 is 1.91 bits per heavy atom. The number of carbonyl (C=O) groups is 1. The molecule has 0 aliphatic carbocycles. The van der Waals surface area contributed by atoms with Gasteiger partial charge in [-0.15, -0.1) is 0 Å². The van der Waals surface area contributed by atoms with E-state index in [1.165, 1.54) is 30.3 Å². The van der Waals surface area contributed by atoms with Crippen molar-refractivity contribution in [3.8, 4) is 11.5 Å². The molecule has 0 spiro atoms. The second kappa shape index (κ2) is 7.28. The van der Waals surface area contributed by atoms with Gasteiger partial charge in [-0.05, 0) is 30.7 Å². The minimum absolute atomic E-state index is 0.0472. The topological polar surface area (TPSA) is 44.8 Å². The summed E-state index contributed by atoms with van der Waals surface area (Å²) in [5.41, 5.74) is 0.506. The van der Waals surface area contributed by atoms with Crippen LogP contribution in [0.3, 0.4) is 0 Å². The quantitative estimate of drug-likeness (QED) is 0.599. The summed E-state index contributed by atoms with van der Waals surface area (Å²) in [5, 5.41) is 0.320. The molecule has 122 valence electrons. The normalized spacial score (nSPS) is 10.3. The molecule has 7 heteroatoms. The van der Waals surface area contributed by atoms with E-state index < -0.39 is 17.8 Å². The van der Waals surface area contributed by atoms with E-state index in [1.807, 2.05) is 0 Å². The fourth-order valence-corrected chi connectivity index (χ4v) is 1.95. The Morgan fingerprint density at radius 1 is 1.17 bits per heavy atom. The first kappa shape index (κ1) is 17.0. The summed E-state index contributed by atoms with van der Waals surface area (Å²) in [7, 11) is 1.13. The van der Waals surface area contributed by atoms with E-state index in [0.717, 1.165) is 7.11 Å². The molecule has 0 radical (unpaired) electrons. The third kappa shape index (κ3) is 4.10. The summed E-state index contributed by atoms with van der Waals surface area (Å²) in [6.45, 7) is 1.30. The molecule has 0 aliphatic heterocycles. The van der Waals surface area contributed by atoms with Gasteiger partial charge in [0.05, 0.1) is 12.7 Å². The number of benzene rings is 2. The van der Waals surface area contributed by atoms with Crippen molar-refractivity contribution in [1.29, 1.82) is 0 Å². The fourth-order valence-electron chi connectivity index (χ4n) is 1.79. The van der Waals surface area contributed by atoms with Gasteiger partial charge in [-0.3, -0.25) is 0 Å². The number of aryl methyl sites for hydroxylation is 1. The SMILES string of the molecule is COC(=O)Oc1cccc(F)c1COc1cc(Cl)c(C)cc1F. The van der Waals surface area contributed by atoms with Gasteiger partial charge in [0.15, 0.2) is 11.6 Å². The third-order valence-corrected chi connectivity index (χ3v) is 3.43. The minimum atomic E-state index is -0.999. The smallest absolute Gasteiger partial charge is 0.486 e. The Kier molecular flexibility index (Phi) is 5.39. The maximum absolute atomic E-state index is 13.9. The lowest BCUT2D eigenvalue weighted by atomic mass is 10.2. The summed E-state index contributed by atoms with van der Waals surface area (Å²) in [5.74, 6) is -1.49. The molecule has 23 heavy (non-hydrogen) atoms. The Morgan fingerprint density at radius 3 is 2.61 bits per heavy atom. The molecule has 0 unspecified atom stereocenters. The lowest BCUT2D eigenvalue weighted by Crippen LogP contribution is -2.11. The zero-order valence-corrected chi connectivity index (χ0v) is 13.1. The molecule has 0 aliphatic rings. The molecule has 0 N–H and O–H groups in total. The van der Waals surface area contributed by atoms with Crippen LogP contribution in [0.4, 0.5) is 13.6 Å². The predicted octanol–water partition coefficient (Wildman–Crippen LogP) is 4.65. The van der Waals surface area contributed by atoms with E-state index in [9.17, 15) is 13.6 Å². The molecule has 0 aromatic heterocycles. The van der Waals surface area contributed by atoms with Crippen molar-refractivity contribution in [1.82, 2.24) is 0 Å². The van der Waals surface area contributed by atoms with Crippen molar-refractivity contribution < 1.29 is 27.8 Å². The number of carbonyl (C=O) groups excluding carboxylic acids is 1. The number of ether oxygens (including phenoxy) is 3. The molecule has 0 heterocycles. The van der Waals surface area contributed by atoms with Crippen LogP contribution in [-0.4, -0.2) is 13.3 Å². The first-order chi connectivity index (χ1) is 10.9. The first-order valence-corrected chi connectivity index (χ1v) is 6.91. The zero-order valence-electron chi connectivity index (χ0n) is 12.4. The van der Waals surface area contributed by atoms with Crippen molar-refractivity contribution in [3.63, 3.8) is 0 Å². The first-order valence-electron chi connectivity index (χ1n) is 6.54. The molecule has 0 atom stereocenters. The van der Waals surface area contributed by atoms with Crippen LogP contribution in [0, 0.1) is 18.6 Å². The standard InChI is InChI=1S/C16H13ClF2O4/c1-9-6-13(19)15(7-11(9)17)22-8-10-12(18)4-3-5-14(10)23-16(20)21-2/h3-7H,8H2,1-2H3. The predicted molar refractivity (Wildman–Crippen MR) is 79.9 cm³/mol. The van der Waals surface area contributed by atoms with Crippen molar-refractivity contribution in [3.05, 3.63) is 58.1 Å². The van der Waals surface area contributed by atoms with E-state index in [-0.39, 0.29) is 23.7 Å². The molecule has 2 aromatic carbocycles. The molecule has 4 nitrogen and oxygen atoms in total. The van der Waals surface area contributed by atoms with Crippen LogP contribution < -0.4 is 9.47 Å². The minimum Gasteiger partial charge on any atom is -0.486 e. The van der Waals surface area contributed by atoms with Gasteiger partial charge >= 0.3 is 6.16 Å². The van der Waals surface area contributed by atoms with Crippen molar-refractivity contribution in [2.75, 3.05) is 7.11 Å². The largest absolute Gasteiger partial charge is 0.513 e. The summed E-state index contributed by atoms with van der Waals surface area (Å²) >= 11 is 5.91. The zero-order chi connectivity index (χ0) is 17.0. The Bertz CT molecular complexity index is 734. The Labute approximate surface area is 136 Å². The maximum Gasteiger partial charge on any atom is 0.513 e. The number of methoxy groups -OCH3 is 1. The Hall–Kier alpha value is -2.34. The lowest BCUT2D eigenvalue weighted by Gasteiger charge is -2.12. The average molecular weight is 343 g/mol. The van der Waals surface area contributed by atoms with Gasteiger partial charge in [0, 0.05) is 11.1 Å². The van der Waals surface area contributed by atoms with Crippen LogP contribution in [-0.2, 0) is 11.3 Å². The van der Waals surface area contributed by atoms with Crippen LogP contribution in [0.2, 0.25) is 5.02 Å². The molecule has 2 aromatic rings. The van der Waals surface area contributed by atoms with Gasteiger partial charge in [-0.2, -0.15) is 0 Å². The number of hydrogen-bond donors (Lipinski definition) is 0. The van der Waals surface area contributed by atoms with Crippen LogP contribution in [0.25, 0.3) is 0 Å². The molecule has 0 fully saturated rings. The molecule has 0 saturated heterocycles. The molecule has 2 rings (SSSR count). The van der Waals surface area contributed by atoms with Gasteiger partial charge < -0.3 is 14.2 Å². The second-order valence-corrected chi connectivity index (χ2v) is 5.00. The van der Waals surface area contributed by atoms with Crippen molar-refractivity contribution in [2.24, 2.45) is 0 Å². The van der Waals surface area contributed by atoms with Crippen LogP contribution in [0.1, 0.15) is 11.1 Å². The monoisotopic (exact) mass is 342 g/mol. The van der Waals surface area contributed by atoms with E-state index >= 15 is 0 Å². The summed E-state index contributed by atoms with van der Waals surface area (Å²) in [6.07, 6.45) is -0.999. The van der Waals surface area contributed by atoms with E-state index in [1.54, 1.807) is 6.92 Å². The van der Waals surface area contributed by atoms with Crippen LogP contribution in [0.5, 0.6) is 11.5 Å². The molecule has 0 saturated carbocycles. The summed E-state index contributed by atoms with van der Waals surface area (Å²) < 4.78 is 42.2. The van der Waals surface area contributed by atoms with Gasteiger partial charge in [-0.25, -0.2) is 13.6 Å². The third-order valence-electron chi connectivity index (χ3n) is 3.02. The van der Waals surface area contributed by atoms with Gasteiger partial charge in [0.2, 0.25) is 0 Å². The van der Waals surface area contributed by atoms with Gasteiger partial charge in [0.25, 0.3) is 0 Å².